The van der Waals surface area contributed by atoms with E-state index in [0.29, 0.717) is 37.8 Å². The predicted molar refractivity (Wildman–Crippen MR) is 224 cm³/mol. The van der Waals surface area contributed by atoms with Crippen LogP contribution in [0, 0.1) is 23.3 Å². The Labute approximate surface area is 422 Å². The SMILES string of the molecule is CC(=O)OOC(C)=O.CC(C)(C)OC(=O)NCCNCc1ccc(N=[N+]=[N-])c(F)c1.CCCN.O=Cc1ccc(F)c(F)c1.[B-]OC(C)=O.[N-]=[N+]=Nc1ccc(C=O)cc1F.[N-]=[N+]=[N-].[Na+].[Na+]. The van der Waals surface area contributed by atoms with Crippen LogP contribution in [0.4, 0.5) is 33.7 Å². The zero-order valence-electron chi connectivity index (χ0n) is 37.7. The molecule has 29 heteroatoms. The third kappa shape index (κ3) is 46.3. The van der Waals surface area contributed by atoms with Gasteiger partial charge in [-0.15, -0.1) is 0 Å². The van der Waals surface area contributed by atoms with E-state index in [4.69, 9.17) is 32.6 Å². The largest absolute Gasteiger partial charge is 1.00 e. The number of nitrogens with one attached hydrogen (secondary N) is 2. The fourth-order valence-electron chi connectivity index (χ4n) is 3.02. The maximum atomic E-state index is 13.5. The number of halogens is 4. The first-order valence-corrected chi connectivity index (χ1v) is 17.7. The number of carbonyl (C=O) groups is 6. The van der Waals surface area contributed by atoms with Crippen molar-refractivity contribution >= 4 is 56.0 Å². The number of nitrogens with zero attached hydrogens (tertiary/aromatic N) is 9. The number of amides is 1. The second-order valence-electron chi connectivity index (χ2n) is 12.0. The summed E-state index contributed by atoms with van der Waals surface area (Å²) >= 11 is 0. The van der Waals surface area contributed by atoms with Gasteiger partial charge in [0.15, 0.2) is 11.6 Å². The van der Waals surface area contributed by atoms with Gasteiger partial charge in [-0.3, -0.25) is 19.3 Å². The van der Waals surface area contributed by atoms with Crippen LogP contribution in [0.5, 0.6) is 0 Å². The molecule has 66 heavy (non-hydrogen) atoms. The molecule has 0 heterocycles. The Hall–Kier alpha value is -5.69. The molecular formula is C37H46BF4N12Na2O10. The Kier molecular flexibility index (Phi) is 50.0. The van der Waals surface area contributed by atoms with Crippen LogP contribution in [0.15, 0.2) is 64.8 Å². The number of alkyl carbamates (subject to hydrolysis) is 1. The molecular weight excluding hydrogens is 905 g/mol. The number of aldehydes is 2. The van der Waals surface area contributed by atoms with E-state index in [1.165, 1.54) is 42.2 Å². The van der Waals surface area contributed by atoms with Crippen LogP contribution in [0.2, 0.25) is 0 Å². The maximum Gasteiger partial charge on any atom is 1.00 e. The zero-order valence-corrected chi connectivity index (χ0v) is 41.7. The van der Waals surface area contributed by atoms with Crippen molar-refractivity contribution in [1.29, 1.82) is 0 Å². The molecule has 0 atom stereocenters. The van der Waals surface area contributed by atoms with Crippen molar-refractivity contribution in [2.75, 3.05) is 19.6 Å². The summed E-state index contributed by atoms with van der Waals surface area (Å²) in [5.41, 5.74) is 35.2. The van der Waals surface area contributed by atoms with Crippen molar-refractivity contribution in [2.24, 2.45) is 16.0 Å². The quantitative estimate of drug-likeness (QED) is 0.0304. The zero-order chi connectivity index (χ0) is 50.1. The van der Waals surface area contributed by atoms with Gasteiger partial charge in [0, 0.05) is 61.4 Å². The van der Waals surface area contributed by atoms with Gasteiger partial charge in [-0.1, -0.05) is 29.3 Å². The molecule has 0 aromatic heterocycles. The van der Waals surface area contributed by atoms with Crippen LogP contribution in [-0.2, 0) is 40.1 Å². The molecule has 3 aromatic carbocycles. The Morgan fingerprint density at radius 2 is 1.14 bits per heavy atom. The molecule has 0 aliphatic carbocycles. The average molecular weight is 952 g/mol. The van der Waals surface area contributed by atoms with Gasteiger partial charge < -0.3 is 44.9 Å². The molecule has 3 rings (SSSR count). The summed E-state index contributed by atoms with van der Waals surface area (Å²) in [6.07, 6.45) is 1.60. The summed E-state index contributed by atoms with van der Waals surface area (Å²) < 4.78 is 59.4. The van der Waals surface area contributed by atoms with Gasteiger partial charge in [0.2, 0.25) is 5.97 Å². The Bertz CT molecular complexity index is 2040. The summed E-state index contributed by atoms with van der Waals surface area (Å²) in [5.74, 6) is -4.94. The predicted octanol–water partition coefficient (Wildman–Crippen LogP) is 2.63. The molecule has 0 unspecified atom stereocenters. The molecule has 4 N–H and O–H groups in total. The third-order valence-electron chi connectivity index (χ3n) is 5.53. The molecule has 0 bridgehead atoms. The molecule has 0 saturated carbocycles. The molecule has 1 amide bonds. The summed E-state index contributed by atoms with van der Waals surface area (Å²) in [6, 6.07) is 11.0. The minimum absolute atomic E-state index is 0. The third-order valence-corrected chi connectivity index (χ3v) is 5.53. The smallest absolute Gasteiger partial charge is 0.793 e. The molecule has 0 spiro atoms. The maximum absolute atomic E-state index is 13.5. The minimum atomic E-state index is -0.996. The number of rotatable bonds is 10. The van der Waals surface area contributed by atoms with E-state index in [9.17, 15) is 46.3 Å². The van der Waals surface area contributed by atoms with Gasteiger partial charge in [-0.2, -0.15) is 0 Å². The van der Waals surface area contributed by atoms with Crippen molar-refractivity contribution < 1.29 is 125 Å². The number of benzene rings is 3. The van der Waals surface area contributed by atoms with Crippen LogP contribution >= 0.6 is 0 Å². The number of azide groups is 2. The van der Waals surface area contributed by atoms with E-state index in [1.807, 2.05) is 0 Å². The normalized spacial score (nSPS) is 8.62. The van der Waals surface area contributed by atoms with Gasteiger partial charge >= 0.3 is 77.1 Å². The van der Waals surface area contributed by atoms with E-state index in [-0.39, 0.29) is 81.6 Å². The summed E-state index contributed by atoms with van der Waals surface area (Å²) in [7, 11) is 4.32. The molecule has 0 fully saturated rings. The van der Waals surface area contributed by atoms with Crippen molar-refractivity contribution in [3.05, 3.63) is 131 Å². The average Bonchev–Trinajstić information content (AvgIpc) is 3.23. The van der Waals surface area contributed by atoms with Crippen LogP contribution < -0.4 is 75.5 Å². The summed E-state index contributed by atoms with van der Waals surface area (Å²) in [4.78, 5) is 74.8. The fourth-order valence-corrected chi connectivity index (χ4v) is 3.02. The van der Waals surface area contributed by atoms with Crippen LogP contribution in [0.1, 0.15) is 81.2 Å². The van der Waals surface area contributed by atoms with E-state index < -0.39 is 52.9 Å². The molecule has 347 valence electrons. The van der Waals surface area contributed by atoms with E-state index in [2.05, 4.69) is 60.1 Å². The van der Waals surface area contributed by atoms with E-state index >= 15 is 0 Å². The number of nitrogens with two attached hydrogens (primary N) is 1. The topological polar surface area (TPSA) is 346 Å². The Balaban J connectivity index is -0.000000175. The monoisotopic (exact) mass is 951 g/mol. The van der Waals surface area contributed by atoms with E-state index in [0.717, 1.165) is 45.0 Å². The summed E-state index contributed by atoms with van der Waals surface area (Å²) in [5, 5.41) is 12.0. The number of hydrogen-bond donors (Lipinski definition) is 3. The standard InChI is InChI=1S/C14H20FN5O2.C7H4F2O.C7H4FN3O.C4H6O4.C3H9N.C2H3BO2.N3.2Na/c1-14(2,3)22-13(21)18-7-6-17-9-10-4-5-12(19-20-16)11(15)8-10;8-6-2-1-5(4-10)3-7(6)9;8-6-3-5(4-12)1-2-7(6)10-11-9;1-3(5)7-8-4(2)6;1-2-3-4;1-2(4)5-3;1-3-2;;/h4-5,8,17H,6-7,9H2,1-3H3,(H,18,21);1-4H;1-4H;1-2H3;2-4H2,1H3;1H3;;;/q;;;;;2*-1;2*+1. The van der Waals surface area contributed by atoms with Crippen LogP contribution in [0.3, 0.4) is 0 Å². The molecule has 3 radical (unpaired) electrons. The summed E-state index contributed by atoms with van der Waals surface area (Å²) in [6.45, 7) is 13.1. The van der Waals surface area contributed by atoms with Gasteiger partial charge in [-0.25, -0.2) is 41.7 Å². The fraction of sp³-hybridized carbons (Fsp3) is 0.351. The first kappa shape index (κ1) is 71.9. The van der Waals surface area contributed by atoms with Crippen LogP contribution in [-0.4, -0.2) is 69.9 Å². The molecule has 3 aromatic rings. The minimum Gasteiger partial charge on any atom is -0.793 e. The van der Waals surface area contributed by atoms with Crippen molar-refractivity contribution in [3.8, 4) is 0 Å². The second-order valence-corrected chi connectivity index (χ2v) is 12.0. The van der Waals surface area contributed by atoms with Crippen LogP contribution in [0.25, 0.3) is 36.9 Å². The number of hydrogen-bond acceptors (Lipinski definition) is 14. The van der Waals surface area contributed by atoms with Crippen molar-refractivity contribution in [2.45, 2.75) is 67.0 Å². The van der Waals surface area contributed by atoms with Crippen molar-refractivity contribution in [1.82, 2.24) is 10.6 Å². The first-order chi connectivity index (χ1) is 30.0. The molecule has 22 nitrogen and oxygen atoms in total. The number of carbonyl (C=O) groups excluding carboxylic acids is 6. The van der Waals surface area contributed by atoms with Gasteiger partial charge in [0.25, 0.3) is 0 Å². The van der Waals surface area contributed by atoms with Gasteiger partial charge in [0.05, 0.1) is 11.4 Å². The molecule has 0 saturated heterocycles. The Morgan fingerprint density at radius 1 is 0.727 bits per heavy atom. The van der Waals surface area contributed by atoms with Gasteiger partial charge in [-0.05, 0) is 92.8 Å². The number of ether oxygens (including phenoxy) is 1. The van der Waals surface area contributed by atoms with Crippen molar-refractivity contribution in [3.63, 3.8) is 0 Å². The Morgan fingerprint density at radius 3 is 1.47 bits per heavy atom. The molecule has 0 aliphatic heterocycles. The van der Waals surface area contributed by atoms with Gasteiger partial charge in [0.1, 0.15) is 29.8 Å². The second kappa shape index (κ2) is 45.9. The molecule has 0 aliphatic rings. The van der Waals surface area contributed by atoms with E-state index in [1.54, 1.807) is 26.8 Å². The first-order valence-electron chi connectivity index (χ1n) is 17.7.